The Hall–Kier alpha value is -3.25. The van der Waals surface area contributed by atoms with E-state index in [1.165, 1.54) is 24.3 Å². The van der Waals surface area contributed by atoms with Gasteiger partial charge in [-0.25, -0.2) is 0 Å². The molecule has 164 valence electrons. The van der Waals surface area contributed by atoms with Crippen LogP contribution in [0.2, 0.25) is 0 Å². The SMILES string of the molecule is CC(C)=CCc1cc(/C(O)=C/C(=O)c2cc3c(cc2O)O[C@H](C(C)(C)O)C3)ccc1O. The smallest absolute Gasteiger partial charge is 0.193 e. The number of aliphatic hydroxyl groups is 2. The number of hydrogen-bond donors (Lipinski definition) is 4. The second kappa shape index (κ2) is 8.47. The lowest BCUT2D eigenvalue weighted by Crippen LogP contribution is -2.39. The quantitative estimate of drug-likeness (QED) is 0.236. The molecule has 0 aliphatic carbocycles. The Morgan fingerprint density at radius 1 is 1.16 bits per heavy atom. The standard InChI is InChI=1S/C25H28O6/c1-14(2)5-6-15-9-16(7-8-19(15)26)20(27)12-21(28)18-10-17-11-24(25(3,4)30)31-23(17)13-22(18)29/h5,7-10,12-13,24,26-27,29-30H,6,11H2,1-4H3/b20-12-/t24-/m0/s1. The number of phenolic OH excluding ortho intramolecular Hbond substituents is 2. The number of ketones is 1. The third kappa shape index (κ3) is 5.09. The fourth-order valence-corrected chi connectivity index (χ4v) is 3.38. The molecule has 1 aliphatic rings. The lowest BCUT2D eigenvalue weighted by molar-refractivity contribution is -0.0230. The third-order valence-electron chi connectivity index (χ3n) is 5.28. The van der Waals surface area contributed by atoms with Crippen LogP contribution in [0.4, 0.5) is 0 Å². The first-order valence-corrected chi connectivity index (χ1v) is 10.1. The molecule has 0 aromatic heterocycles. The highest BCUT2D eigenvalue weighted by atomic mass is 16.5. The average Bonchev–Trinajstić information content (AvgIpc) is 3.09. The summed E-state index contributed by atoms with van der Waals surface area (Å²) in [5.74, 6) is -0.564. The van der Waals surface area contributed by atoms with E-state index in [2.05, 4.69) is 0 Å². The van der Waals surface area contributed by atoms with E-state index < -0.39 is 17.5 Å². The monoisotopic (exact) mass is 424 g/mol. The number of aromatic hydroxyl groups is 2. The van der Waals surface area contributed by atoms with Crippen molar-refractivity contribution in [2.45, 2.75) is 52.2 Å². The predicted molar refractivity (Wildman–Crippen MR) is 119 cm³/mol. The fraction of sp³-hybridized carbons (Fsp3) is 0.320. The van der Waals surface area contributed by atoms with Crippen LogP contribution in [0.5, 0.6) is 17.2 Å². The third-order valence-corrected chi connectivity index (χ3v) is 5.28. The van der Waals surface area contributed by atoms with Crippen molar-refractivity contribution in [3.8, 4) is 17.2 Å². The Labute approximate surface area is 181 Å². The first-order chi connectivity index (χ1) is 14.5. The maximum absolute atomic E-state index is 12.7. The van der Waals surface area contributed by atoms with Crippen molar-refractivity contribution in [3.63, 3.8) is 0 Å². The number of benzene rings is 2. The minimum atomic E-state index is -1.07. The van der Waals surface area contributed by atoms with Gasteiger partial charge in [0.25, 0.3) is 0 Å². The number of fused-ring (bicyclic) bond motifs is 1. The van der Waals surface area contributed by atoms with Crippen molar-refractivity contribution in [1.29, 1.82) is 0 Å². The van der Waals surface area contributed by atoms with E-state index in [1.807, 2.05) is 19.9 Å². The van der Waals surface area contributed by atoms with Gasteiger partial charge in [-0.1, -0.05) is 11.6 Å². The maximum atomic E-state index is 12.7. The molecule has 0 saturated carbocycles. The molecule has 0 spiro atoms. The van der Waals surface area contributed by atoms with Gasteiger partial charge in [0.2, 0.25) is 0 Å². The molecule has 0 radical (unpaired) electrons. The van der Waals surface area contributed by atoms with Crippen molar-refractivity contribution in [3.05, 3.63) is 70.3 Å². The van der Waals surface area contributed by atoms with Gasteiger partial charge < -0.3 is 25.2 Å². The fourth-order valence-electron chi connectivity index (χ4n) is 3.38. The van der Waals surface area contributed by atoms with Crippen molar-refractivity contribution in [1.82, 2.24) is 0 Å². The van der Waals surface area contributed by atoms with Crippen LogP contribution in [-0.4, -0.2) is 37.9 Å². The summed E-state index contributed by atoms with van der Waals surface area (Å²) in [5, 5.41) is 41.0. The van der Waals surface area contributed by atoms with Crippen LogP contribution < -0.4 is 4.74 Å². The number of allylic oxidation sites excluding steroid dienone is 3. The van der Waals surface area contributed by atoms with Crippen LogP contribution >= 0.6 is 0 Å². The molecule has 0 bridgehead atoms. The van der Waals surface area contributed by atoms with Crippen LogP contribution in [0, 0.1) is 0 Å². The minimum Gasteiger partial charge on any atom is -0.508 e. The largest absolute Gasteiger partial charge is 0.508 e. The van der Waals surface area contributed by atoms with Gasteiger partial charge in [0.1, 0.15) is 29.1 Å². The Morgan fingerprint density at radius 3 is 2.52 bits per heavy atom. The number of phenols is 2. The van der Waals surface area contributed by atoms with Gasteiger partial charge in [0.15, 0.2) is 5.78 Å². The van der Waals surface area contributed by atoms with Gasteiger partial charge in [0.05, 0.1) is 11.2 Å². The molecule has 6 heteroatoms. The summed E-state index contributed by atoms with van der Waals surface area (Å²) in [6.45, 7) is 7.18. The Morgan fingerprint density at radius 2 is 1.87 bits per heavy atom. The van der Waals surface area contributed by atoms with Crippen molar-refractivity contribution in [2.24, 2.45) is 0 Å². The predicted octanol–water partition coefficient (Wildman–Crippen LogP) is 4.46. The zero-order valence-electron chi connectivity index (χ0n) is 18.1. The van der Waals surface area contributed by atoms with E-state index in [0.29, 0.717) is 35.3 Å². The summed E-state index contributed by atoms with van der Waals surface area (Å²) in [4.78, 5) is 12.7. The highest BCUT2D eigenvalue weighted by molar-refractivity contribution is 6.09. The molecule has 31 heavy (non-hydrogen) atoms. The molecule has 0 saturated heterocycles. The Bertz CT molecular complexity index is 1070. The van der Waals surface area contributed by atoms with Gasteiger partial charge in [0, 0.05) is 24.1 Å². The van der Waals surface area contributed by atoms with Gasteiger partial charge in [-0.05, 0) is 69.5 Å². The zero-order valence-corrected chi connectivity index (χ0v) is 18.1. The van der Waals surface area contributed by atoms with E-state index in [9.17, 15) is 25.2 Å². The number of carbonyl (C=O) groups is 1. The van der Waals surface area contributed by atoms with Gasteiger partial charge >= 0.3 is 0 Å². The van der Waals surface area contributed by atoms with Crippen molar-refractivity contribution >= 4 is 11.5 Å². The summed E-state index contributed by atoms with van der Waals surface area (Å²) in [5.41, 5.74) is 1.78. The highest BCUT2D eigenvalue weighted by Crippen LogP contribution is 2.38. The number of rotatable bonds is 6. The summed E-state index contributed by atoms with van der Waals surface area (Å²) in [6.07, 6.45) is 3.42. The topological polar surface area (TPSA) is 107 Å². The first kappa shape index (κ1) is 22.4. The van der Waals surface area contributed by atoms with E-state index in [-0.39, 0.29) is 22.8 Å². The number of ether oxygens (including phenoxy) is 1. The minimum absolute atomic E-state index is 0.0360. The van der Waals surface area contributed by atoms with E-state index >= 15 is 0 Å². The molecular formula is C25H28O6. The van der Waals surface area contributed by atoms with Gasteiger partial charge in [-0.2, -0.15) is 0 Å². The molecule has 4 N–H and O–H groups in total. The molecule has 1 heterocycles. The number of hydrogen-bond acceptors (Lipinski definition) is 6. The highest BCUT2D eigenvalue weighted by Gasteiger charge is 2.35. The average molecular weight is 424 g/mol. The second-order valence-corrected chi connectivity index (χ2v) is 8.66. The molecule has 3 rings (SSSR count). The summed E-state index contributed by atoms with van der Waals surface area (Å²) < 4.78 is 5.69. The molecular weight excluding hydrogens is 396 g/mol. The van der Waals surface area contributed by atoms with E-state index in [4.69, 9.17) is 4.74 Å². The van der Waals surface area contributed by atoms with Gasteiger partial charge in [-0.15, -0.1) is 0 Å². The summed E-state index contributed by atoms with van der Waals surface area (Å²) in [7, 11) is 0. The molecule has 0 fully saturated rings. The summed E-state index contributed by atoms with van der Waals surface area (Å²) >= 11 is 0. The number of carbonyl (C=O) groups excluding carboxylic acids is 1. The molecule has 2 aromatic carbocycles. The lowest BCUT2D eigenvalue weighted by atomic mass is 9.95. The Kier molecular flexibility index (Phi) is 6.13. The van der Waals surface area contributed by atoms with E-state index in [0.717, 1.165) is 11.6 Å². The van der Waals surface area contributed by atoms with Crippen LogP contribution in [0.15, 0.2) is 48.1 Å². The van der Waals surface area contributed by atoms with Crippen LogP contribution in [0.25, 0.3) is 5.76 Å². The zero-order chi connectivity index (χ0) is 22.9. The van der Waals surface area contributed by atoms with Crippen LogP contribution in [0.3, 0.4) is 0 Å². The molecule has 6 nitrogen and oxygen atoms in total. The van der Waals surface area contributed by atoms with Gasteiger partial charge in [-0.3, -0.25) is 4.79 Å². The molecule has 1 atom stereocenters. The maximum Gasteiger partial charge on any atom is 0.193 e. The molecule has 0 amide bonds. The lowest BCUT2D eigenvalue weighted by Gasteiger charge is -2.24. The van der Waals surface area contributed by atoms with Crippen molar-refractivity contribution < 1.29 is 30.0 Å². The first-order valence-electron chi connectivity index (χ1n) is 10.1. The molecule has 1 aliphatic heterocycles. The molecule has 0 unspecified atom stereocenters. The van der Waals surface area contributed by atoms with E-state index in [1.54, 1.807) is 19.9 Å². The normalized spacial score (nSPS) is 15.9. The van der Waals surface area contributed by atoms with Crippen molar-refractivity contribution in [2.75, 3.05) is 0 Å². The second-order valence-electron chi connectivity index (χ2n) is 8.66. The summed E-state index contributed by atoms with van der Waals surface area (Å²) in [6, 6.07) is 7.50. The number of aliphatic hydroxyl groups excluding tert-OH is 1. The van der Waals surface area contributed by atoms with Crippen LogP contribution in [0.1, 0.15) is 54.7 Å². The van der Waals surface area contributed by atoms with Crippen LogP contribution in [-0.2, 0) is 12.8 Å². The molecule has 2 aromatic rings. The Balaban J connectivity index is 1.86.